The van der Waals surface area contributed by atoms with Gasteiger partial charge in [0.15, 0.2) is 0 Å². The fourth-order valence-electron chi connectivity index (χ4n) is 3.29. The van der Waals surface area contributed by atoms with Crippen molar-refractivity contribution in [2.75, 3.05) is 0 Å². The molecule has 0 aromatic heterocycles. The van der Waals surface area contributed by atoms with Crippen molar-refractivity contribution in [2.24, 2.45) is 29.1 Å². The first-order chi connectivity index (χ1) is 5.90. The van der Waals surface area contributed by atoms with E-state index < -0.39 is 0 Å². The van der Waals surface area contributed by atoms with E-state index in [-0.39, 0.29) is 0 Å². The Morgan fingerprint density at radius 2 is 1.15 bits per heavy atom. The minimum atomic E-state index is 0.638. The molecule has 1 saturated carbocycles. The molecule has 0 radical (unpaired) electrons. The van der Waals surface area contributed by atoms with E-state index in [1.165, 1.54) is 12.8 Å². The van der Waals surface area contributed by atoms with Crippen molar-refractivity contribution in [1.29, 1.82) is 0 Å². The normalized spacial score (nSPS) is 33.2. The molecular weight excluding hydrogens is 156 g/mol. The highest BCUT2D eigenvalue weighted by molar-refractivity contribution is 4.94. The molecule has 0 heteroatoms. The van der Waals surface area contributed by atoms with Crippen molar-refractivity contribution in [3.05, 3.63) is 0 Å². The van der Waals surface area contributed by atoms with E-state index in [0.717, 1.165) is 23.7 Å². The lowest BCUT2D eigenvalue weighted by Crippen LogP contribution is -2.30. The molecule has 1 aliphatic rings. The van der Waals surface area contributed by atoms with E-state index in [4.69, 9.17) is 0 Å². The van der Waals surface area contributed by atoms with E-state index in [1.807, 2.05) is 0 Å². The van der Waals surface area contributed by atoms with Gasteiger partial charge in [-0.05, 0) is 41.9 Å². The standard InChI is InChI=1S/C13H26/c1-9(2)13(10(3)4)7-11(5)12(6)8-13/h9-12H,7-8H2,1-6H3/t11-,12-/m0/s1. The van der Waals surface area contributed by atoms with Crippen molar-refractivity contribution in [3.63, 3.8) is 0 Å². The largest absolute Gasteiger partial charge is 0.0622 e. The number of hydrogen-bond acceptors (Lipinski definition) is 0. The number of rotatable bonds is 2. The molecule has 13 heavy (non-hydrogen) atoms. The zero-order valence-corrected chi connectivity index (χ0v) is 10.2. The Labute approximate surface area is 84.1 Å². The van der Waals surface area contributed by atoms with Crippen LogP contribution < -0.4 is 0 Å². The molecule has 0 aromatic rings. The Kier molecular flexibility index (Phi) is 3.09. The van der Waals surface area contributed by atoms with Crippen LogP contribution >= 0.6 is 0 Å². The van der Waals surface area contributed by atoms with Gasteiger partial charge in [-0.25, -0.2) is 0 Å². The maximum Gasteiger partial charge on any atom is -0.0246 e. The molecule has 0 spiro atoms. The smallest absolute Gasteiger partial charge is 0.0246 e. The molecule has 0 N–H and O–H groups in total. The van der Waals surface area contributed by atoms with Gasteiger partial charge in [0.1, 0.15) is 0 Å². The Bertz CT molecular complexity index is 147. The highest BCUT2D eigenvalue weighted by atomic mass is 14.5. The van der Waals surface area contributed by atoms with Gasteiger partial charge in [-0.3, -0.25) is 0 Å². The zero-order chi connectivity index (χ0) is 10.2. The fraction of sp³-hybridized carbons (Fsp3) is 1.00. The molecule has 0 aromatic carbocycles. The van der Waals surface area contributed by atoms with E-state index in [2.05, 4.69) is 41.5 Å². The maximum absolute atomic E-state index is 2.43. The van der Waals surface area contributed by atoms with E-state index in [9.17, 15) is 0 Å². The highest BCUT2D eigenvalue weighted by Gasteiger charge is 2.45. The lowest BCUT2D eigenvalue weighted by Gasteiger charge is -2.38. The maximum atomic E-state index is 2.43. The molecule has 0 unspecified atom stereocenters. The summed E-state index contributed by atoms with van der Waals surface area (Å²) >= 11 is 0. The van der Waals surface area contributed by atoms with Gasteiger partial charge < -0.3 is 0 Å². The van der Waals surface area contributed by atoms with E-state index in [0.29, 0.717) is 5.41 Å². The van der Waals surface area contributed by atoms with Gasteiger partial charge in [-0.2, -0.15) is 0 Å². The van der Waals surface area contributed by atoms with Gasteiger partial charge in [-0.1, -0.05) is 41.5 Å². The quantitative estimate of drug-likeness (QED) is 0.595. The first-order valence-corrected chi connectivity index (χ1v) is 5.90. The predicted molar refractivity (Wildman–Crippen MR) is 59.7 cm³/mol. The van der Waals surface area contributed by atoms with Crippen LogP contribution in [0.1, 0.15) is 54.4 Å². The van der Waals surface area contributed by atoms with Crippen LogP contribution in [0.15, 0.2) is 0 Å². The molecule has 0 saturated heterocycles. The van der Waals surface area contributed by atoms with Gasteiger partial charge >= 0.3 is 0 Å². The summed E-state index contributed by atoms with van der Waals surface area (Å²) < 4.78 is 0. The summed E-state index contributed by atoms with van der Waals surface area (Å²) in [5.41, 5.74) is 0.638. The molecule has 78 valence electrons. The summed E-state index contributed by atoms with van der Waals surface area (Å²) in [4.78, 5) is 0. The van der Waals surface area contributed by atoms with Gasteiger partial charge in [0.05, 0.1) is 0 Å². The van der Waals surface area contributed by atoms with Crippen molar-refractivity contribution in [3.8, 4) is 0 Å². The summed E-state index contributed by atoms with van der Waals surface area (Å²) in [5, 5.41) is 0. The molecule has 0 aliphatic heterocycles. The lowest BCUT2D eigenvalue weighted by atomic mass is 9.67. The topological polar surface area (TPSA) is 0 Å². The van der Waals surface area contributed by atoms with Crippen molar-refractivity contribution >= 4 is 0 Å². The summed E-state index contributed by atoms with van der Waals surface area (Å²) in [7, 11) is 0. The summed E-state index contributed by atoms with van der Waals surface area (Å²) in [6, 6.07) is 0. The van der Waals surface area contributed by atoms with Crippen LogP contribution in [0.5, 0.6) is 0 Å². The number of hydrogen-bond donors (Lipinski definition) is 0. The Balaban J connectivity index is 2.83. The Morgan fingerprint density at radius 3 is 1.31 bits per heavy atom. The lowest BCUT2D eigenvalue weighted by molar-refractivity contribution is 0.112. The average Bonchev–Trinajstić information content (AvgIpc) is 2.29. The SMILES string of the molecule is CC(C)C1(C(C)C)C[C@H](C)[C@@H](C)C1. The molecular formula is C13H26. The second-order valence-corrected chi connectivity index (χ2v) is 5.91. The van der Waals surface area contributed by atoms with Gasteiger partial charge in [0.25, 0.3) is 0 Å². The molecule has 0 nitrogen and oxygen atoms in total. The Morgan fingerprint density at radius 1 is 0.846 bits per heavy atom. The zero-order valence-electron chi connectivity index (χ0n) is 10.2. The van der Waals surface area contributed by atoms with Crippen LogP contribution in [-0.4, -0.2) is 0 Å². The molecule has 0 bridgehead atoms. The molecule has 1 fully saturated rings. The van der Waals surface area contributed by atoms with E-state index >= 15 is 0 Å². The van der Waals surface area contributed by atoms with Crippen LogP contribution in [0.2, 0.25) is 0 Å². The van der Waals surface area contributed by atoms with Crippen molar-refractivity contribution in [1.82, 2.24) is 0 Å². The Hall–Kier alpha value is 0. The minimum absolute atomic E-state index is 0.638. The van der Waals surface area contributed by atoms with E-state index in [1.54, 1.807) is 0 Å². The molecule has 1 rings (SSSR count). The van der Waals surface area contributed by atoms with Gasteiger partial charge in [0.2, 0.25) is 0 Å². The summed E-state index contributed by atoms with van der Waals surface area (Å²) in [6.07, 6.45) is 2.90. The predicted octanol–water partition coefficient (Wildman–Crippen LogP) is 4.35. The molecule has 0 amide bonds. The summed E-state index contributed by atoms with van der Waals surface area (Å²) in [5.74, 6) is 3.56. The molecule has 1 aliphatic carbocycles. The molecule has 2 atom stereocenters. The second-order valence-electron chi connectivity index (χ2n) is 5.91. The van der Waals surface area contributed by atoms with Gasteiger partial charge in [-0.15, -0.1) is 0 Å². The first-order valence-electron chi connectivity index (χ1n) is 5.90. The highest BCUT2D eigenvalue weighted by Crippen LogP contribution is 2.54. The monoisotopic (exact) mass is 182 g/mol. The second kappa shape index (κ2) is 3.63. The van der Waals surface area contributed by atoms with Crippen LogP contribution in [0.25, 0.3) is 0 Å². The summed E-state index contributed by atoms with van der Waals surface area (Å²) in [6.45, 7) is 14.5. The average molecular weight is 182 g/mol. The third kappa shape index (κ3) is 1.78. The molecule has 0 heterocycles. The van der Waals surface area contributed by atoms with Crippen molar-refractivity contribution < 1.29 is 0 Å². The third-order valence-corrected chi connectivity index (χ3v) is 4.68. The van der Waals surface area contributed by atoms with Crippen LogP contribution in [0.3, 0.4) is 0 Å². The fourth-order valence-corrected chi connectivity index (χ4v) is 3.29. The third-order valence-electron chi connectivity index (χ3n) is 4.68. The van der Waals surface area contributed by atoms with Crippen LogP contribution in [-0.2, 0) is 0 Å². The minimum Gasteiger partial charge on any atom is -0.0622 e. The van der Waals surface area contributed by atoms with Crippen LogP contribution in [0, 0.1) is 29.1 Å². The van der Waals surface area contributed by atoms with Crippen LogP contribution in [0.4, 0.5) is 0 Å². The van der Waals surface area contributed by atoms with Crippen molar-refractivity contribution in [2.45, 2.75) is 54.4 Å². The van der Waals surface area contributed by atoms with Gasteiger partial charge in [0, 0.05) is 0 Å². The first kappa shape index (κ1) is 11.1.